The number of benzene rings is 1. The van der Waals surface area contributed by atoms with Gasteiger partial charge in [-0.25, -0.2) is 4.98 Å². The largest absolute Gasteiger partial charge is 0.322 e. The molecular weight excluding hydrogens is 384 g/mol. The van der Waals surface area contributed by atoms with Crippen LogP contribution in [0.5, 0.6) is 0 Å². The number of carbonyl (C=O) groups is 1. The number of hydrogen-bond donors (Lipinski definition) is 2. The van der Waals surface area contributed by atoms with Crippen molar-refractivity contribution >= 4 is 38.6 Å². The van der Waals surface area contributed by atoms with E-state index in [0.29, 0.717) is 17.9 Å². The first kappa shape index (κ1) is 17.3. The first-order valence-electron chi connectivity index (χ1n) is 7.72. The minimum Gasteiger partial charge on any atom is -0.322 e. The zero-order valence-corrected chi connectivity index (χ0v) is 15.2. The first-order chi connectivity index (χ1) is 12.0. The van der Waals surface area contributed by atoms with Crippen LogP contribution >= 0.6 is 15.9 Å². The average Bonchev–Trinajstić information content (AvgIpc) is 2.57. The average molecular weight is 401 g/mol. The maximum Gasteiger partial charge on any atom is 0.252 e. The molecule has 128 valence electrons. The predicted molar refractivity (Wildman–Crippen MR) is 101 cm³/mol. The summed E-state index contributed by atoms with van der Waals surface area (Å²) in [6.07, 6.45) is 1.62. The maximum absolute atomic E-state index is 12.2. The zero-order chi connectivity index (χ0) is 17.8. The fourth-order valence-corrected chi connectivity index (χ4v) is 2.77. The lowest BCUT2D eigenvalue weighted by molar-refractivity contribution is -0.117. The fraction of sp³-hybridized carbons (Fsp3) is 0.167. The van der Waals surface area contributed by atoms with Gasteiger partial charge in [-0.3, -0.25) is 14.5 Å². The number of para-hydroxylation sites is 1. The van der Waals surface area contributed by atoms with Crippen LogP contribution in [0.4, 0.5) is 5.82 Å². The number of nitrogens with one attached hydrogen (secondary N) is 2. The molecule has 0 aliphatic rings. The van der Waals surface area contributed by atoms with Crippen LogP contribution < -0.4 is 10.9 Å². The monoisotopic (exact) mass is 400 g/mol. The minimum absolute atomic E-state index is 0.138. The summed E-state index contributed by atoms with van der Waals surface area (Å²) in [5.74, 6) is 0.305. The highest BCUT2D eigenvalue weighted by Gasteiger charge is 2.11. The lowest BCUT2D eigenvalue weighted by atomic mass is 10.1. The molecule has 1 amide bonds. The Labute approximate surface area is 153 Å². The number of hydrogen-bond acceptors (Lipinski definition) is 4. The second kappa shape index (κ2) is 7.58. The number of pyridine rings is 2. The summed E-state index contributed by atoms with van der Waals surface area (Å²) >= 11 is 3.30. The Morgan fingerprint density at radius 1 is 1.28 bits per heavy atom. The fourth-order valence-electron chi connectivity index (χ4n) is 2.53. The zero-order valence-electron chi connectivity index (χ0n) is 13.6. The van der Waals surface area contributed by atoms with Crippen molar-refractivity contribution in [2.45, 2.75) is 6.54 Å². The van der Waals surface area contributed by atoms with Crippen molar-refractivity contribution in [1.82, 2.24) is 14.9 Å². The number of aromatic nitrogens is 2. The number of aromatic amines is 1. The van der Waals surface area contributed by atoms with E-state index in [4.69, 9.17) is 0 Å². The van der Waals surface area contributed by atoms with Gasteiger partial charge in [0.1, 0.15) is 5.82 Å². The van der Waals surface area contributed by atoms with Gasteiger partial charge >= 0.3 is 0 Å². The molecule has 25 heavy (non-hydrogen) atoms. The molecule has 3 rings (SSSR count). The number of amides is 1. The summed E-state index contributed by atoms with van der Waals surface area (Å²) in [5.41, 5.74) is 1.29. The SMILES string of the molecule is CN(CC(=O)Nc1ccc(Br)cn1)Cc1cc2ccccc2[nH]c1=O. The summed E-state index contributed by atoms with van der Waals surface area (Å²) in [6.45, 7) is 0.533. The van der Waals surface area contributed by atoms with E-state index in [2.05, 4.69) is 31.2 Å². The minimum atomic E-state index is -0.186. The molecule has 2 heterocycles. The molecular formula is C18H17BrN4O2. The predicted octanol–water partition coefficient (Wildman–Crippen LogP) is 2.76. The molecule has 0 saturated carbocycles. The lowest BCUT2D eigenvalue weighted by Gasteiger charge is -2.16. The highest BCUT2D eigenvalue weighted by atomic mass is 79.9. The van der Waals surface area contributed by atoms with Crippen molar-refractivity contribution in [3.05, 3.63) is 69.1 Å². The van der Waals surface area contributed by atoms with Crippen molar-refractivity contribution in [3.8, 4) is 0 Å². The number of likely N-dealkylation sites (N-methyl/N-ethyl adjacent to an activating group) is 1. The van der Waals surface area contributed by atoms with Gasteiger partial charge in [-0.05, 0) is 52.6 Å². The van der Waals surface area contributed by atoms with Gasteiger partial charge in [0.25, 0.3) is 5.56 Å². The van der Waals surface area contributed by atoms with Gasteiger partial charge in [0.05, 0.1) is 6.54 Å². The van der Waals surface area contributed by atoms with Gasteiger partial charge in [0.15, 0.2) is 0 Å². The Bertz CT molecular complexity index is 953. The Hall–Kier alpha value is -2.51. The molecule has 0 spiro atoms. The van der Waals surface area contributed by atoms with E-state index < -0.39 is 0 Å². The second-order valence-electron chi connectivity index (χ2n) is 5.79. The first-order valence-corrected chi connectivity index (χ1v) is 8.51. The lowest BCUT2D eigenvalue weighted by Crippen LogP contribution is -2.31. The van der Waals surface area contributed by atoms with E-state index in [1.165, 1.54) is 0 Å². The number of H-pyrrole nitrogens is 1. The van der Waals surface area contributed by atoms with Gasteiger partial charge in [0.2, 0.25) is 5.91 Å². The molecule has 0 saturated heterocycles. The standard InChI is InChI=1S/C18H17BrN4O2/c1-23(11-17(24)22-16-7-6-14(19)9-20-16)10-13-8-12-4-2-3-5-15(12)21-18(13)25/h2-9H,10-11H2,1H3,(H,21,25)(H,20,22,24). The molecule has 2 aromatic heterocycles. The van der Waals surface area contributed by atoms with Gasteiger partial charge in [-0.15, -0.1) is 0 Å². The van der Waals surface area contributed by atoms with Crippen molar-refractivity contribution in [2.75, 3.05) is 18.9 Å². The summed E-state index contributed by atoms with van der Waals surface area (Å²) in [6, 6.07) is 13.0. The molecule has 0 radical (unpaired) electrons. The summed E-state index contributed by atoms with van der Waals surface area (Å²) in [7, 11) is 1.79. The molecule has 0 aliphatic heterocycles. The van der Waals surface area contributed by atoms with E-state index in [1.807, 2.05) is 30.3 Å². The second-order valence-corrected chi connectivity index (χ2v) is 6.71. The van der Waals surface area contributed by atoms with Crippen LogP contribution in [0.25, 0.3) is 10.9 Å². The molecule has 3 aromatic rings. The van der Waals surface area contributed by atoms with E-state index >= 15 is 0 Å². The van der Waals surface area contributed by atoms with Crippen molar-refractivity contribution in [2.24, 2.45) is 0 Å². The topological polar surface area (TPSA) is 78.1 Å². The Morgan fingerprint density at radius 3 is 2.84 bits per heavy atom. The molecule has 7 heteroatoms. The van der Waals surface area contributed by atoms with Crippen molar-refractivity contribution in [1.29, 1.82) is 0 Å². The van der Waals surface area contributed by atoms with E-state index in [-0.39, 0.29) is 18.0 Å². The normalized spacial score (nSPS) is 11.0. The summed E-state index contributed by atoms with van der Waals surface area (Å²) in [4.78, 5) is 33.0. The third-order valence-electron chi connectivity index (χ3n) is 3.68. The number of carbonyl (C=O) groups excluding carboxylic acids is 1. The third-order valence-corrected chi connectivity index (χ3v) is 4.15. The molecule has 2 N–H and O–H groups in total. The van der Waals surface area contributed by atoms with E-state index in [1.54, 1.807) is 30.3 Å². The number of nitrogens with zero attached hydrogens (tertiary/aromatic N) is 2. The molecule has 0 unspecified atom stereocenters. The molecule has 6 nitrogen and oxygen atoms in total. The van der Waals surface area contributed by atoms with Crippen LogP contribution in [0.1, 0.15) is 5.56 Å². The Balaban J connectivity index is 1.64. The van der Waals surface area contributed by atoms with Crippen LogP contribution in [-0.4, -0.2) is 34.4 Å². The smallest absolute Gasteiger partial charge is 0.252 e. The number of rotatable bonds is 5. The Kier molecular flexibility index (Phi) is 5.25. The van der Waals surface area contributed by atoms with Gasteiger partial charge in [-0.2, -0.15) is 0 Å². The quantitative estimate of drug-likeness (QED) is 0.689. The van der Waals surface area contributed by atoms with Gasteiger partial charge < -0.3 is 10.3 Å². The summed E-state index contributed by atoms with van der Waals surface area (Å²) in [5, 5.41) is 3.70. The maximum atomic E-state index is 12.2. The van der Waals surface area contributed by atoms with Crippen LogP contribution in [-0.2, 0) is 11.3 Å². The molecule has 0 aliphatic carbocycles. The number of halogens is 1. The van der Waals surface area contributed by atoms with Gasteiger partial charge in [-0.1, -0.05) is 18.2 Å². The van der Waals surface area contributed by atoms with Crippen LogP contribution in [0, 0.1) is 0 Å². The molecule has 0 bridgehead atoms. The highest BCUT2D eigenvalue weighted by molar-refractivity contribution is 9.10. The molecule has 0 fully saturated rings. The highest BCUT2D eigenvalue weighted by Crippen LogP contribution is 2.12. The molecule has 1 aromatic carbocycles. The number of fused-ring (bicyclic) bond motifs is 1. The van der Waals surface area contributed by atoms with Crippen LogP contribution in [0.2, 0.25) is 0 Å². The summed E-state index contributed by atoms with van der Waals surface area (Å²) < 4.78 is 0.846. The number of anilines is 1. The van der Waals surface area contributed by atoms with Gasteiger partial charge in [0, 0.05) is 28.3 Å². The van der Waals surface area contributed by atoms with Crippen LogP contribution in [0.15, 0.2) is 57.9 Å². The molecule has 0 atom stereocenters. The van der Waals surface area contributed by atoms with Crippen LogP contribution in [0.3, 0.4) is 0 Å². The van der Waals surface area contributed by atoms with Crippen molar-refractivity contribution in [3.63, 3.8) is 0 Å². The van der Waals surface area contributed by atoms with Crippen molar-refractivity contribution < 1.29 is 4.79 Å². The third kappa shape index (κ3) is 4.52. The van der Waals surface area contributed by atoms with E-state index in [9.17, 15) is 9.59 Å². The Morgan fingerprint density at radius 2 is 2.08 bits per heavy atom. The van der Waals surface area contributed by atoms with E-state index in [0.717, 1.165) is 15.4 Å².